The molecule has 0 aliphatic heterocycles. The lowest BCUT2D eigenvalue weighted by molar-refractivity contribution is 0.356. The zero-order valence-electron chi connectivity index (χ0n) is 10.0. The van der Waals surface area contributed by atoms with Crippen LogP contribution in [0.4, 0.5) is 0 Å². The number of hydrogen-bond donors (Lipinski definition) is 1. The summed E-state index contributed by atoms with van der Waals surface area (Å²) >= 11 is 5.42. The van der Waals surface area contributed by atoms with E-state index in [2.05, 4.69) is 46.5 Å². The molecule has 3 heteroatoms. The number of rotatable bonds is 4. The summed E-state index contributed by atoms with van der Waals surface area (Å²) in [4.78, 5) is 1.53. The van der Waals surface area contributed by atoms with Gasteiger partial charge in [0, 0.05) is 20.8 Å². The number of hydrogen-bond acceptors (Lipinski definition) is 2. The van der Waals surface area contributed by atoms with Crippen molar-refractivity contribution >= 4 is 27.3 Å². The zero-order chi connectivity index (χ0) is 11.5. The lowest BCUT2D eigenvalue weighted by Gasteiger charge is -2.20. The summed E-state index contributed by atoms with van der Waals surface area (Å²) in [7, 11) is 0. The highest BCUT2D eigenvalue weighted by Gasteiger charge is 2.32. The van der Waals surface area contributed by atoms with E-state index in [4.69, 9.17) is 0 Å². The smallest absolute Gasteiger partial charge is 0.0285 e. The van der Waals surface area contributed by atoms with Crippen LogP contribution in [0.3, 0.4) is 0 Å². The molecule has 1 aromatic rings. The van der Waals surface area contributed by atoms with Gasteiger partial charge in [-0.15, -0.1) is 11.3 Å². The van der Waals surface area contributed by atoms with Gasteiger partial charge in [0.2, 0.25) is 0 Å². The van der Waals surface area contributed by atoms with Gasteiger partial charge >= 0.3 is 0 Å². The van der Waals surface area contributed by atoms with Crippen molar-refractivity contribution in [2.24, 2.45) is 11.8 Å². The van der Waals surface area contributed by atoms with Crippen LogP contribution in [0.25, 0.3) is 0 Å². The maximum Gasteiger partial charge on any atom is 0.0285 e. The van der Waals surface area contributed by atoms with Gasteiger partial charge < -0.3 is 5.32 Å². The Morgan fingerprint density at radius 1 is 1.50 bits per heavy atom. The highest BCUT2D eigenvalue weighted by atomic mass is 79.9. The van der Waals surface area contributed by atoms with Crippen LogP contribution >= 0.6 is 27.3 Å². The minimum atomic E-state index is 0.749. The van der Waals surface area contributed by atoms with Gasteiger partial charge in [-0.3, -0.25) is 0 Å². The molecule has 1 nitrogen and oxygen atoms in total. The SMILES string of the molecule is CCNC1CCC(Cc2cc(Br)cs2)C1C. The first-order valence-corrected chi connectivity index (χ1v) is 7.84. The summed E-state index contributed by atoms with van der Waals surface area (Å²) in [5, 5.41) is 5.80. The lowest BCUT2D eigenvalue weighted by Crippen LogP contribution is -2.32. The van der Waals surface area contributed by atoms with Crippen molar-refractivity contribution in [2.75, 3.05) is 6.54 Å². The summed E-state index contributed by atoms with van der Waals surface area (Å²) in [5.74, 6) is 1.69. The number of halogens is 1. The fraction of sp³-hybridized carbons (Fsp3) is 0.692. The molecule has 1 aliphatic carbocycles. The van der Waals surface area contributed by atoms with Gasteiger partial charge in [-0.05, 0) is 59.6 Å². The average molecular weight is 302 g/mol. The summed E-state index contributed by atoms with van der Waals surface area (Å²) in [6.07, 6.45) is 4.00. The molecule has 0 amide bonds. The molecule has 0 spiro atoms. The van der Waals surface area contributed by atoms with Crippen LogP contribution in [0.5, 0.6) is 0 Å². The molecule has 1 fully saturated rings. The zero-order valence-corrected chi connectivity index (χ0v) is 12.4. The maximum atomic E-state index is 3.61. The summed E-state index contributed by atoms with van der Waals surface area (Å²) in [6, 6.07) is 3.02. The molecule has 1 aliphatic rings. The van der Waals surface area contributed by atoms with E-state index in [1.807, 2.05) is 11.3 Å². The molecule has 0 saturated heterocycles. The topological polar surface area (TPSA) is 12.0 Å². The third kappa shape index (κ3) is 2.88. The van der Waals surface area contributed by atoms with Gasteiger partial charge in [0.05, 0.1) is 0 Å². The fourth-order valence-corrected chi connectivity index (χ4v) is 4.35. The second-order valence-electron chi connectivity index (χ2n) is 4.80. The third-order valence-electron chi connectivity index (χ3n) is 3.78. The van der Waals surface area contributed by atoms with Crippen LogP contribution in [-0.4, -0.2) is 12.6 Å². The van der Waals surface area contributed by atoms with Crippen molar-refractivity contribution in [3.63, 3.8) is 0 Å². The average Bonchev–Trinajstić information content (AvgIpc) is 2.80. The first kappa shape index (κ1) is 12.6. The first-order valence-electron chi connectivity index (χ1n) is 6.17. The molecule has 3 unspecified atom stereocenters. The van der Waals surface area contributed by atoms with Crippen LogP contribution in [0, 0.1) is 11.8 Å². The maximum absolute atomic E-state index is 3.61. The molecule has 1 heterocycles. The van der Waals surface area contributed by atoms with Gasteiger partial charge in [-0.25, -0.2) is 0 Å². The fourth-order valence-electron chi connectivity index (χ4n) is 2.81. The molecule has 16 heavy (non-hydrogen) atoms. The van der Waals surface area contributed by atoms with Crippen LogP contribution < -0.4 is 5.32 Å². The van der Waals surface area contributed by atoms with E-state index in [9.17, 15) is 0 Å². The Kier molecular flexibility index (Phi) is 4.45. The molecule has 90 valence electrons. The van der Waals surface area contributed by atoms with E-state index >= 15 is 0 Å². The van der Waals surface area contributed by atoms with Crippen molar-refractivity contribution in [1.29, 1.82) is 0 Å². The largest absolute Gasteiger partial charge is 0.314 e. The molecule has 1 aromatic heterocycles. The first-order chi connectivity index (χ1) is 7.70. The molecule has 1 N–H and O–H groups in total. The second kappa shape index (κ2) is 5.65. The molecule has 1 saturated carbocycles. The van der Waals surface area contributed by atoms with Crippen LogP contribution in [0.2, 0.25) is 0 Å². The van der Waals surface area contributed by atoms with E-state index in [1.54, 1.807) is 0 Å². The van der Waals surface area contributed by atoms with E-state index in [0.717, 1.165) is 24.4 Å². The molecular weight excluding hydrogens is 282 g/mol. The Morgan fingerprint density at radius 2 is 2.31 bits per heavy atom. The standard InChI is InChI=1S/C13H20BrNS/c1-3-15-13-5-4-10(9(13)2)6-12-7-11(14)8-16-12/h7-10,13,15H,3-6H2,1-2H3. The molecule has 0 radical (unpaired) electrons. The lowest BCUT2D eigenvalue weighted by atomic mass is 9.92. The van der Waals surface area contributed by atoms with Gasteiger partial charge in [-0.1, -0.05) is 13.8 Å². The Bertz CT molecular complexity index is 336. The molecule has 3 atom stereocenters. The van der Waals surface area contributed by atoms with Crippen molar-refractivity contribution in [2.45, 2.75) is 39.2 Å². The van der Waals surface area contributed by atoms with Gasteiger partial charge in [-0.2, -0.15) is 0 Å². The predicted molar refractivity (Wildman–Crippen MR) is 75.1 cm³/mol. The second-order valence-corrected chi connectivity index (χ2v) is 6.71. The Balaban J connectivity index is 1.92. The van der Waals surface area contributed by atoms with Gasteiger partial charge in [0.25, 0.3) is 0 Å². The van der Waals surface area contributed by atoms with Crippen LogP contribution in [0.1, 0.15) is 31.6 Å². The van der Waals surface area contributed by atoms with Crippen molar-refractivity contribution < 1.29 is 0 Å². The third-order valence-corrected chi connectivity index (χ3v) is 5.50. The van der Waals surface area contributed by atoms with Gasteiger partial charge in [0.1, 0.15) is 0 Å². The highest BCUT2D eigenvalue weighted by Crippen LogP contribution is 2.35. The minimum Gasteiger partial charge on any atom is -0.314 e. The summed E-state index contributed by atoms with van der Waals surface area (Å²) < 4.78 is 1.24. The number of nitrogens with one attached hydrogen (secondary N) is 1. The van der Waals surface area contributed by atoms with E-state index < -0.39 is 0 Å². The van der Waals surface area contributed by atoms with E-state index in [-0.39, 0.29) is 0 Å². The van der Waals surface area contributed by atoms with Gasteiger partial charge in [0.15, 0.2) is 0 Å². The van der Waals surface area contributed by atoms with Crippen molar-refractivity contribution in [3.05, 3.63) is 20.8 Å². The Morgan fingerprint density at radius 3 is 2.94 bits per heavy atom. The molecular formula is C13H20BrNS. The Labute approximate surface area is 111 Å². The highest BCUT2D eigenvalue weighted by molar-refractivity contribution is 9.10. The normalized spacial score (nSPS) is 29.8. The predicted octanol–water partition coefficient (Wildman–Crippen LogP) is 4.08. The van der Waals surface area contributed by atoms with Crippen LogP contribution in [-0.2, 0) is 6.42 Å². The number of thiophene rings is 1. The summed E-state index contributed by atoms with van der Waals surface area (Å²) in [5.41, 5.74) is 0. The van der Waals surface area contributed by atoms with Crippen molar-refractivity contribution in [1.82, 2.24) is 5.32 Å². The van der Waals surface area contributed by atoms with E-state index in [1.165, 1.54) is 28.6 Å². The molecule has 0 aromatic carbocycles. The summed E-state index contributed by atoms with van der Waals surface area (Å²) in [6.45, 7) is 5.72. The molecule has 0 bridgehead atoms. The Hall–Kier alpha value is 0.140. The van der Waals surface area contributed by atoms with E-state index in [0.29, 0.717) is 0 Å². The quantitative estimate of drug-likeness (QED) is 0.884. The molecule has 2 rings (SSSR count). The monoisotopic (exact) mass is 301 g/mol. The minimum absolute atomic E-state index is 0.749. The van der Waals surface area contributed by atoms with Crippen LogP contribution in [0.15, 0.2) is 15.9 Å². The van der Waals surface area contributed by atoms with Crippen molar-refractivity contribution in [3.8, 4) is 0 Å².